The van der Waals surface area contributed by atoms with E-state index in [1.165, 1.54) is 0 Å². The van der Waals surface area contributed by atoms with Crippen LogP contribution in [0.25, 0.3) is 11.0 Å². The van der Waals surface area contributed by atoms with E-state index in [0.29, 0.717) is 5.52 Å². The Kier molecular flexibility index (Phi) is 1.51. The van der Waals surface area contributed by atoms with E-state index in [4.69, 9.17) is 5.73 Å². The molecule has 2 aromatic heterocycles. The SMILES string of the molecule is Cc1ccc2[nH]nc(C(N)=O)c2n1. The number of carbonyl (C=O) groups excluding carboxylic acids is 1. The van der Waals surface area contributed by atoms with Gasteiger partial charge < -0.3 is 5.73 Å². The zero-order valence-corrected chi connectivity index (χ0v) is 7.03. The van der Waals surface area contributed by atoms with Gasteiger partial charge in [-0.2, -0.15) is 5.10 Å². The highest BCUT2D eigenvalue weighted by Gasteiger charge is 2.11. The highest BCUT2D eigenvalue weighted by atomic mass is 16.1. The number of hydrogen-bond acceptors (Lipinski definition) is 3. The Hall–Kier alpha value is -1.91. The zero-order chi connectivity index (χ0) is 9.42. The molecule has 0 bridgehead atoms. The van der Waals surface area contributed by atoms with Crippen molar-refractivity contribution in [3.05, 3.63) is 23.5 Å². The number of pyridine rings is 1. The largest absolute Gasteiger partial charge is 0.364 e. The summed E-state index contributed by atoms with van der Waals surface area (Å²) >= 11 is 0. The van der Waals surface area contributed by atoms with Crippen molar-refractivity contribution < 1.29 is 4.79 Å². The van der Waals surface area contributed by atoms with Gasteiger partial charge in [0, 0.05) is 5.69 Å². The number of H-pyrrole nitrogens is 1. The Labute approximate surface area is 74.0 Å². The zero-order valence-electron chi connectivity index (χ0n) is 7.03. The first kappa shape index (κ1) is 7.72. The summed E-state index contributed by atoms with van der Waals surface area (Å²) in [6, 6.07) is 3.66. The number of nitrogens with zero attached hydrogens (tertiary/aromatic N) is 2. The normalized spacial score (nSPS) is 10.5. The van der Waals surface area contributed by atoms with Gasteiger partial charge in [-0.25, -0.2) is 4.98 Å². The Morgan fingerprint density at radius 1 is 1.54 bits per heavy atom. The molecule has 5 heteroatoms. The summed E-state index contributed by atoms with van der Waals surface area (Å²) in [4.78, 5) is 15.0. The molecule has 13 heavy (non-hydrogen) atoms. The molecular weight excluding hydrogens is 168 g/mol. The number of amides is 1. The molecule has 0 radical (unpaired) electrons. The van der Waals surface area contributed by atoms with Gasteiger partial charge in [0.25, 0.3) is 5.91 Å². The molecular formula is C8H8N4O. The molecule has 0 aliphatic rings. The van der Waals surface area contributed by atoms with E-state index < -0.39 is 5.91 Å². The van der Waals surface area contributed by atoms with Crippen molar-refractivity contribution in [3.63, 3.8) is 0 Å². The molecule has 0 spiro atoms. The topological polar surface area (TPSA) is 84.7 Å². The first-order valence-electron chi connectivity index (χ1n) is 3.80. The minimum absolute atomic E-state index is 0.193. The van der Waals surface area contributed by atoms with Gasteiger partial charge in [0.1, 0.15) is 5.52 Å². The molecule has 0 saturated heterocycles. The van der Waals surface area contributed by atoms with E-state index in [1.807, 2.05) is 19.1 Å². The minimum Gasteiger partial charge on any atom is -0.364 e. The number of rotatable bonds is 1. The van der Waals surface area contributed by atoms with Gasteiger partial charge in [0.05, 0.1) is 5.52 Å². The molecule has 0 aliphatic heterocycles. The van der Waals surface area contributed by atoms with Gasteiger partial charge in [-0.15, -0.1) is 0 Å². The molecule has 0 aromatic carbocycles. The van der Waals surface area contributed by atoms with Crippen molar-refractivity contribution >= 4 is 16.9 Å². The first-order chi connectivity index (χ1) is 6.18. The van der Waals surface area contributed by atoms with Crippen molar-refractivity contribution in [2.24, 2.45) is 5.73 Å². The molecule has 5 nitrogen and oxygen atoms in total. The Morgan fingerprint density at radius 2 is 2.31 bits per heavy atom. The van der Waals surface area contributed by atoms with Crippen molar-refractivity contribution in [2.75, 3.05) is 0 Å². The van der Waals surface area contributed by atoms with Crippen molar-refractivity contribution in [1.29, 1.82) is 0 Å². The second-order valence-corrected chi connectivity index (χ2v) is 2.79. The lowest BCUT2D eigenvalue weighted by atomic mass is 10.3. The number of aromatic amines is 1. The fraction of sp³-hybridized carbons (Fsp3) is 0.125. The van der Waals surface area contributed by atoms with Gasteiger partial charge in [-0.3, -0.25) is 9.89 Å². The number of nitrogens with two attached hydrogens (primary N) is 1. The maximum atomic E-state index is 10.9. The van der Waals surface area contributed by atoms with Crippen LogP contribution in [0.1, 0.15) is 16.2 Å². The number of nitrogens with one attached hydrogen (secondary N) is 1. The summed E-state index contributed by atoms with van der Waals surface area (Å²) in [5.74, 6) is -0.565. The standard InChI is InChI=1S/C8H8N4O/c1-4-2-3-5-6(10-4)7(8(9)13)12-11-5/h2-3H,1H3,(H2,9,13)(H,11,12). The van der Waals surface area contributed by atoms with Crippen LogP contribution in [0.2, 0.25) is 0 Å². The first-order valence-corrected chi connectivity index (χ1v) is 3.80. The summed E-state index contributed by atoms with van der Waals surface area (Å²) in [5, 5.41) is 6.46. The Bertz CT molecular complexity index is 474. The third-order valence-electron chi connectivity index (χ3n) is 1.78. The van der Waals surface area contributed by atoms with Crippen molar-refractivity contribution in [2.45, 2.75) is 6.92 Å². The van der Waals surface area contributed by atoms with Crippen LogP contribution in [0.3, 0.4) is 0 Å². The van der Waals surface area contributed by atoms with Crippen LogP contribution in [-0.2, 0) is 0 Å². The predicted octanol–water partition coefficient (Wildman–Crippen LogP) is 0.365. The lowest BCUT2D eigenvalue weighted by Crippen LogP contribution is -2.12. The smallest absolute Gasteiger partial charge is 0.271 e. The molecule has 0 fully saturated rings. The van der Waals surface area contributed by atoms with Gasteiger partial charge in [0.2, 0.25) is 0 Å². The minimum atomic E-state index is -0.565. The van der Waals surface area contributed by atoms with E-state index in [9.17, 15) is 4.79 Å². The van der Waals surface area contributed by atoms with Crippen molar-refractivity contribution in [1.82, 2.24) is 15.2 Å². The summed E-state index contributed by atoms with van der Waals surface area (Å²) in [7, 11) is 0. The fourth-order valence-corrected chi connectivity index (χ4v) is 1.17. The number of hydrogen-bond donors (Lipinski definition) is 2. The molecule has 0 saturated carbocycles. The number of aromatic nitrogens is 3. The quantitative estimate of drug-likeness (QED) is 0.658. The molecule has 2 heterocycles. The molecule has 66 valence electrons. The third-order valence-corrected chi connectivity index (χ3v) is 1.78. The van der Waals surface area contributed by atoms with E-state index in [0.717, 1.165) is 11.2 Å². The molecule has 0 unspecified atom stereocenters. The van der Waals surface area contributed by atoms with Crippen LogP contribution in [0.15, 0.2) is 12.1 Å². The highest BCUT2D eigenvalue weighted by molar-refractivity contribution is 6.02. The number of carbonyl (C=O) groups is 1. The molecule has 3 N–H and O–H groups in total. The van der Waals surface area contributed by atoms with Crippen LogP contribution < -0.4 is 5.73 Å². The highest BCUT2D eigenvalue weighted by Crippen LogP contribution is 2.12. The number of primary amides is 1. The van der Waals surface area contributed by atoms with Crippen LogP contribution >= 0.6 is 0 Å². The Balaban J connectivity index is 2.79. The fourth-order valence-electron chi connectivity index (χ4n) is 1.17. The number of aryl methyl sites for hydroxylation is 1. The van der Waals surface area contributed by atoms with E-state index >= 15 is 0 Å². The lowest BCUT2D eigenvalue weighted by molar-refractivity contribution is 0.0997. The van der Waals surface area contributed by atoms with Crippen LogP contribution in [0, 0.1) is 6.92 Å². The average molecular weight is 176 g/mol. The van der Waals surface area contributed by atoms with E-state index in [-0.39, 0.29) is 5.69 Å². The molecule has 2 rings (SSSR count). The van der Waals surface area contributed by atoms with Gasteiger partial charge >= 0.3 is 0 Å². The molecule has 2 aromatic rings. The monoisotopic (exact) mass is 176 g/mol. The Morgan fingerprint density at radius 3 is 3.00 bits per heavy atom. The molecule has 0 atom stereocenters. The van der Waals surface area contributed by atoms with Crippen LogP contribution in [-0.4, -0.2) is 21.1 Å². The van der Waals surface area contributed by atoms with Gasteiger partial charge in [0.15, 0.2) is 5.69 Å². The third kappa shape index (κ3) is 1.14. The summed E-state index contributed by atoms with van der Waals surface area (Å²) in [6.07, 6.45) is 0. The van der Waals surface area contributed by atoms with E-state index in [2.05, 4.69) is 15.2 Å². The van der Waals surface area contributed by atoms with E-state index in [1.54, 1.807) is 0 Å². The second-order valence-electron chi connectivity index (χ2n) is 2.79. The summed E-state index contributed by atoms with van der Waals surface area (Å²) < 4.78 is 0. The summed E-state index contributed by atoms with van der Waals surface area (Å²) in [5.41, 5.74) is 7.39. The van der Waals surface area contributed by atoms with Gasteiger partial charge in [-0.05, 0) is 19.1 Å². The number of fused-ring (bicyclic) bond motifs is 1. The molecule has 0 aliphatic carbocycles. The van der Waals surface area contributed by atoms with Crippen LogP contribution in [0.4, 0.5) is 0 Å². The van der Waals surface area contributed by atoms with Crippen LogP contribution in [0.5, 0.6) is 0 Å². The predicted molar refractivity (Wildman–Crippen MR) is 47.1 cm³/mol. The van der Waals surface area contributed by atoms with Crippen molar-refractivity contribution in [3.8, 4) is 0 Å². The second kappa shape index (κ2) is 2.55. The molecule has 1 amide bonds. The average Bonchev–Trinajstić information content (AvgIpc) is 2.46. The summed E-state index contributed by atoms with van der Waals surface area (Å²) in [6.45, 7) is 1.84. The van der Waals surface area contributed by atoms with Gasteiger partial charge in [-0.1, -0.05) is 0 Å². The maximum Gasteiger partial charge on any atom is 0.271 e. The lowest BCUT2D eigenvalue weighted by Gasteiger charge is -1.92. The maximum absolute atomic E-state index is 10.9.